The third-order valence-electron chi connectivity index (χ3n) is 2.22. The second-order valence-electron chi connectivity index (χ2n) is 4.02. The first-order chi connectivity index (χ1) is 9.91. The summed E-state index contributed by atoms with van der Waals surface area (Å²) >= 11 is 0. The third kappa shape index (κ3) is 17.5. The molecule has 0 aromatic heterocycles. The van der Waals surface area contributed by atoms with Crippen LogP contribution in [0.5, 0.6) is 0 Å². The van der Waals surface area contributed by atoms with Crippen LogP contribution in [0.2, 0.25) is 0 Å². The summed E-state index contributed by atoms with van der Waals surface area (Å²) in [7, 11) is 0. The molecule has 20 heavy (non-hydrogen) atoms. The SMILES string of the molecule is CCCOCCOCCOCCOCCOCCC=O. The molecule has 0 bridgehead atoms. The molecule has 0 aliphatic carbocycles. The smallest absolute Gasteiger partial charge is 0.122 e. The van der Waals surface area contributed by atoms with E-state index in [1.807, 2.05) is 0 Å². The molecule has 0 heterocycles. The molecule has 6 heteroatoms. The molecule has 0 aromatic carbocycles. The summed E-state index contributed by atoms with van der Waals surface area (Å²) < 4.78 is 26.4. The molecule has 120 valence electrons. The van der Waals surface area contributed by atoms with Gasteiger partial charge in [0.2, 0.25) is 0 Å². The van der Waals surface area contributed by atoms with Crippen molar-refractivity contribution >= 4 is 6.29 Å². The van der Waals surface area contributed by atoms with E-state index in [-0.39, 0.29) is 0 Å². The van der Waals surface area contributed by atoms with E-state index in [4.69, 9.17) is 23.7 Å². The van der Waals surface area contributed by atoms with E-state index in [1.165, 1.54) is 0 Å². The first-order valence-electron chi connectivity index (χ1n) is 7.24. The Balaban J connectivity index is 2.90. The van der Waals surface area contributed by atoms with Crippen molar-refractivity contribution in [2.45, 2.75) is 19.8 Å². The standard InChI is InChI=1S/C14H28O6/c1-2-5-16-7-9-18-11-13-20-14-12-19-10-8-17-6-3-4-15/h4H,2-3,5-14H2,1H3. The molecule has 0 atom stereocenters. The fourth-order valence-corrected chi connectivity index (χ4v) is 1.26. The van der Waals surface area contributed by atoms with Crippen LogP contribution in [0.3, 0.4) is 0 Å². The molecule has 0 saturated heterocycles. The largest absolute Gasteiger partial charge is 0.379 e. The first-order valence-corrected chi connectivity index (χ1v) is 7.24. The van der Waals surface area contributed by atoms with Crippen LogP contribution in [0.1, 0.15) is 19.8 Å². The van der Waals surface area contributed by atoms with Crippen molar-refractivity contribution in [3.63, 3.8) is 0 Å². The van der Waals surface area contributed by atoms with Gasteiger partial charge in [-0.3, -0.25) is 0 Å². The van der Waals surface area contributed by atoms with E-state index in [0.717, 1.165) is 19.3 Å². The predicted octanol–water partition coefficient (Wildman–Crippen LogP) is 1.07. The molecule has 0 N–H and O–H groups in total. The average molecular weight is 292 g/mol. The first kappa shape index (κ1) is 19.5. The van der Waals surface area contributed by atoms with Gasteiger partial charge in [-0.2, -0.15) is 0 Å². The molecule has 0 saturated carbocycles. The van der Waals surface area contributed by atoms with Crippen molar-refractivity contribution in [3.8, 4) is 0 Å². The Kier molecular flexibility index (Phi) is 18.0. The summed E-state index contributed by atoms with van der Waals surface area (Å²) in [6, 6.07) is 0. The van der Waals surface area contributed by atoms with Crippen molar-refractivity contribution in [2.24, 2.45) is 0 Å². The topological polar surface area (TPSA) is 63.2 Å². The lowest BCUT2D eigenvalue weighted by atomic mass is 10.5. The summed E-state index contributed by atoms with van der Waals surface area (Å²) in [4.78, 5) is 10.0. The van der Waals surface area contributed by atoms with Crippen molar-refractivity contribution in [2.75, 3.05) is 66.1 Å². The van der Waals surface area contributed by atoms with Crippen molar-refractivity contribution in [1.29, 1.82) is 0 Å². The highest BCUT2D eigenvalue weighted by Gasteiger charge is 1.93. The van der Waals surface area contributed by atoms with Gasteiger partial charge < -0.3 is 28.5 Å². The average Bonchev–Trinajstić information content (AvgIpc) is 2.47. The monoisotopic (exact) mass is 292 g/mol. The molecule has 0 radical (unpaired) electrons. The van der Waals surface area contributed by atoms with Gasteiger partial charge in [0.25, 0.3) is 0 Å². The maximum Gasteiger partial charge on any atom is 0.122 e. The summed E-state index contributed by atoms with van der Waals surface area (Å²) in [6.45, 7) is 7.83. The summed E-state index contributed by atoms with van der Waals surface area (Å²) in [5.74, 6) is 0. The molecule has 0 aliphatic rings. The lowest BCUT2D eigenvalue weighted by Crippen LogP contribution is -2.13. The minimum absolute atomic E-state index is 0.437. The number of carbonyl (C=O) groups is 1. The molecule has 0 rings (SSSR count). The zero-order chi connectivity index (χ0) is 14.7. The van der Waals surface area contributed by atoms with E-state index >= 15 is 0 Å². The lowest BCUT2D eigenvalue weighted by molar-refractivity contribution is -0.108. The molecular weight excluding hydrogens is 264 g/mol. The molecule has 6 nitrogen and oxygen atoms in total. The quantitative estimate of drug-likeness (QED) is 0.295. The summed E-state index contributed by atoms with van der Waals surface area (Å²) in [5.41, 5.74) is 0. The van der Waals surface area contributed by atoms with Gasteiger partial charge >= 0.3 is 0 Å². The fraction of sp³-hybridized carbons (Fsp3) is 0.929. The van der Waals surface area contributed by atoms with Gasteiger partial charge in [0.15, 0.2) is 0 Å². The van der Waals surface area contributed by atoms with Crippen LogP contribution in [0.4, 0.5) is 0 Å². The predicted molar refractivity (Wildman–Crippen MR) is 75.1 cm³/mol. The van der Waals surface area contributed by atoms with Gasteiger partial charge in [-0.15, -0.1) is 0 Å². The number of hydrogen-bond donors (Lipinski definition) is 0. The van der Waals surface area contributed by atoms with Crippen LogP contribution in [0, 0.1) is 0 Å². The highest BCUT2D eigenvalue weighted by Crippen LogP contribution is 1.85. The van der Waals surface area contributed by atoms with Gasteiger partial charge in [0.1, 0.15) is 6.29 Å². The van der Waals surface area contributed by atoms with Crippen LogP contribution in [0.25, 0.3) is 0 Å². The molecule has 0 unspecified atom stereocenters. The molecular formula is C14H28O6. The minimum Gasteiger partial charge on any atom is -0.379 e. The maximum absolute atomic E-state index is 10.0. The van der Waals surface area contributed by atoms with Crippen LogP contribution >= 0.6 is 0 Å². The Hall–Kier alpha value is -0.530. The van der Waals surface area contributed by atoms with Crippen LogP contribution in [-0.2, 0) is 28.5 Å². The Morgan fingerprint density at radius 3 is 1.30 bits per heavy atom. The van der Waals surface area contributed by atoms with E-state index in [9.17, 15) is 4.79 Å². The number of aldehydes is 1. The Bertz CT molecular complexity index is 189. The van der Waals surface area contributed by atoms with Gasteiger partial charge in [0.05, 0.1) is 59.5 Å². The van der Waals surface area contributed by atoms with Crippen LogP contribution in [-0.4, -0.2) is 72.4 Å². The third-order valence-corrected chi connectivity index (χ3v) is 2.22. The number of hydrogen-bond acceptors (Lipinski definition) is 6. The van der Waals surface area contributed by atoms with Crippen LogP contribution < -0.4 is 0 Å². The van der Waals surface area contributed by atoms with Crippen molar-refractivity contribution in [1.82, 2.24) is 0 Å². The normalized spacial score (nSPS) is 10.8. The minimum atomic E-state index is 0.437. The molecule has 0 aliphatic heterocycles. The second-order valence-corrected chi connectivity index (χ2v) is 4.02. The maximum atomic E-state index is 10.0. The number of rotatable bonds is 17. The molecule has 0 amide bonds. The molecule has 0 aromatic rings. The highest BCUT2D eigenvalue weighted by atomic mass is 16.6. The fourth-order valence-electron chi connectivity index (χ4n) is 1.26. The van der Waals surface area contributed by atoms with Crippen molar-refractivity contribution < 1.29 is 28.5 Å². The van der Waals surface area contributed by atoms with Gasteiger partial charge in [-0.05, 0) is 6.42 Å². The molecule has 0 fully saturated rings. The number of ether oxygens (including phenoxy) is 5. The lowest BCUT2D eigenvalue weighted by Gasteiger charge is -2.07. The van der Waals surface area contributed by atoms with E-state index < -0.39 is 0 Å². The Morgan fingerprint density at radius 1 is 0.600 bits per heavy atom. The molecule has 0 spiro atoms. The van der Waals surface area contributed by atoms with Gasteiger partial charge in [-0.1, -0.05) is 6.92 Å². The second kappa shape index (κ2) is 18.5. The number of carbonyl (C=O) groups excluding carboxylic acids is 1. The van der Waals surface area contributed by atoms with Crippen molar-refractivity contribution in [3.05, 3.63) is 0 Å². The zero-order valence-electron chi connectivity index (χ0n) is 12.5. The summed E-state index contributed by atoms with van der Waals surface area (Å²) in [6.07, 6.45) is 2.31. The van der Waals surface area contributed by atoms with E-state index in [2.05, 4.69) is 6.92 Å². The highest BCUT2D eigenvalue weighted by molar-refractivity contribution is 5.49. The van der Waals surface area contributed by atoms with Gasteiger partial charge in [-0.25, -0.2) is 0 Å². The van der Waals surface area contributed by atoms with E-state index in [0.29, 0.717) is 65.9 Å². The zero-order valence-corrected chi connectivity index (χ0v) is 12.5. The van der Waals surface area contributed by atoms with E-state index in [1.54, 1.807) is 0 Å². The van der Waals surface area contributed by atoms with Crippen LogP contribution in [0.15, 0.2) is 0 Å². The Morgan fingerprint density at radius 2 is 0.950 bits per heavy atom. The van der Waals surface area contributed by atoms with Gasteiger partial charge in [0, 0.05) is 13.0 Å². The Labute approximate surface area is 121 Å². The summed E-state index contributed by atoms with van der Waals surface area (Å²) in [5, 5.41) is 0.